The van der Waals surface area contributed by atoms with Gasteiger partial charge in [-0.3, -0.25) is 0 Å². The molecule has 1 aromatic carbocycles. The standard InChI is InChI=1S/C12H18AsNO9/c15-5-8(16)9(17)10(18)11(19)12(20)14-7-3-1-6(2-4-7)13(21,22)23/h1-4,8-11,15-19H,5H2,(H,14,20)(H2,21,22,23). The zero-order chi connectivity index (χ0) is 17.8. The van der Waals surface area contributed by atoms with E-state index in [9.17, 15) is 23.9 Å². The number of carbonyl (C=O) groups excluding carboxylic acids is 1. The van der Waals surface area contributed by atoms with E-state index in [0.717, 1.165) is 12.1 Å². The van der Waals surface area contributed by atoms with Crippen LogP contribution in [0.5, 0.6) is 0 Å². The average Bonchev–Trinajstić information content (AvgIpc) is 2.51. The zero-order valence-electron chi connectivity index (χ0n) is 11.7. The number of carbonyl (C=O) groups is 1. The van der Waals surface area contributed by atoms with Crippen molar-refractivity contribution in [1.29, 1.82) is 0 Å². The number of anilines is 1. The molecule has 4 atom stereocenters. The molecule has 11 heteroatoms. The molecule has 0 aliphatic rings. The van der Waals surface area contributed by atoms with Crippen molar-refractivity contribution in [2.75, 3.05) is 11.9 Å². The van der Waals surface area contributed by atoms with E-state index < -0.39 is 51.1 Å². The molecule has 0 aromatic heterocycles. The van der Waals surface area contributed by atoms with Crippen LogP contribution in [0.3, 0.4) is 0 Å². The first kappa shape index (κ1) is 19.8. The summed E-state index contributed by atoms with van der Waals surface area (Å²) < 4.78 is 28.8. The molecule has 0 aliphatic heterocycles. The van der Waals surface area contributed by atoms with Crippen LogP contribution in [0.4, 0.5) is 5.69 Å². The van der Waals surface area contributed by atoms with E-state index in [-0.39, 0.29) is 10.0 Å². The maximum absolute atomic E-state index is 11.7. The monoisotopic (exact) mass is 395 g/mol. The number of benzene rings is 1. The van der Waals surface area contributed by atoms with Crippen molar-refractivity contribution >= 4 is 30.1 Å². The van der Waals surface area contributed by atoms with Gasteiger partial charge in [-0.15, -0.1) is 0 Å². The molecule has 0 aliphatic carbocycles. The van der Waals surface area contributed by atoms with Crippen LogP contribution in [-0.2, 0) is 8.53 Å². The van der Waals surface area contributed by atoms with E-state index in [4.69, 9.17) is 18.4 Å². The van der Waals surface area contributed by atoms with E-state index in [2.05, 4.69) is 5.32 Å². The Bertz CT molecular complexity index is 572. The first-order chi connectivity index (χ1) is 10.6. The molecule has 0 bridgehead atoms. The summed E-state index contributed by atoms with van der Waals surface area (Å²) in [7, 11) is 0. The van der Waals surface area contributed by atoms with Crippen molar-refractivity contribution in [1.82, 2.24) is 0 Å². The number of nitrogens with one attached hydrogen (secondary N) is 1. The van der Waals surface area contributed by atoms with Gasteiger partial charge >= 0.3 is 133 Å². The van der Waals surface area contributed by atoms with E-state index in [1.165, 1.54) is 12.1 Å². The number of amides is 1. The average molecular weight is 395 g/mol. The van der Waals surface area contributed by atoms with Crippen LogP contribution in [-0.4, -0.2) is 84.8 Å². The van der Waals surface area contributed by atoms with Gasteiger partial charge in [0.2, 0.25) is 0 Å². The minimum atomic E-state index is -5.04. The van der Waals surface area contributed by atoms with Gasteiger partial charge in [-0.25, -0.2) is 0 Å². The number of rotatable bonds is 7. The second-order valence-corrected chi connectivity index (χ2v) is 8.12. The van der Waals surface area contributed by atoms with Crippen LogP contribution in [0, 0.1) is 0 Å². The maximum atomic E-state index is 11.7. The van der Waals surface area contributed by atoms with Gasteiger partial charge in [0.1, 0.15) is 0 Å². The topological polar surface area (TPSA) is 188 Å². The number of hydrogen-bond acceptors (Lipinski definition) is 7. The van der Waals surface area contributed by atoms with Gasteiger partial charge < -0.3 is 0 Å². The molecular weight excluding hydrogens is 377 g/mol. The molecule has 1 rings (SSSR count). The van der Waals surface area contributed by atoms with E-state index in [1.54, 1.807) is 0 Å². The molecule has 23 heavy (non-hydrogen) atoms. The fourth-order valence-electron chi connectivity index (χ4n) is 1.63. The quantitative estimate of drug-likeness (QED) is 0.211. The van der Waals surface area contributed by atoms with Crippen LogP contribution in [0.2, 0.25) is 0 Å². The van der Waals surface area contributed by atoms with Gasteiger partial charge in [-0.1, -0.05) is 0 Å². The van der Waals surface area contributed by atoms with Crippen LogP contribution < -0.4 is 9.67 Å². The fraction of sp³-hybridized carbons (Fsp3) is 0.417. The third-order valence-electron chi connectivity index (χ3n) is 2.99. The second kappa shape index (κ2) is 8.04. The molecule has 1 aromatic rings. The molecule has 0 spiro atoms. The van der Waals surface area contributed by atoms with Gasteiger partial charge in [-0.2, -0.15) is 0 Å². The molecule has 0 saturated carbocycles. The normalized spacial score (nSPS) is 17.2. The Labute approximate surface area is 133 Å². The van der Waals surface area contributed by atoms with Gasteiger partial charge in [0.25, 0.3) is 0 Å². The van der Waals surface area contributed by atoms with Gasteiger partial charge in [-0.05, 0) is 0 Å². The van der Waals surface area contributed by atoms with Crippen molar-refractivity contribution in [2.45, 2.75) is 24.4 Å². The Morgan fingerprint density at radius 2 is 1.57 bits per heavy atom. The van der Waals surface area contributed by atoms with Gasteiger partial charge in [0.15, 0.2) is 0 Å². The number of hydrogen-bond donors (Lipinski definition) is 8. The Balaban J connectivity index is 2.73. The summed E-state index contributed by atoms with van der Waals surface area (Å²) in [5, 5.41) is 48.5. The summed E-state index contributed by atoms with van der Waals surface area (Å²) in [6.45, 7) is -0.877. The SMILES string of the molecule is O=C(Nc1ccc([As](=O)(O)O)cc1)C(O)C(O)C(O)C(O)CO. The van der Waals surface area contributed by atoms with Gasteiger partial charge in [0, 0.05) is 0 Å². The third-order valence-corrected chi connectivity index (χ3v) is 5.03. The molecule has 0 radical (unpaired) electrons. The number of aliphatic hydroxyl groups excluding tert-OH is 5. The van der Waals surface area contributed by atoms with Crippen molar-refractivity contribution in [2.24, 2.45) is 0 Å². The third kappa shape index (κ3) is 5.41. The van der Waals surface area contributed by atoms with Crippen molar-refractivity contribution in [3.8, 4) is 0 Å². The summed E-state index contributed by atoms with van der Waals surface area (Å²) >= 11 is -5.04. The molecule has 0 fully saturated rings. The molecule has 1 amide bonds. The predicted octanol–water partition coefficient (Wildman–Crippen LogP) is -4.38. The summed E-state index contributed by atoms with van der Waals surface area (Å²) in [5.41, 5.74) is 0.0890. The van der Waals surface area contributed by atoms with Crippen molar-refractivity contribution < 1.29 is 42.3 Å². The molecule has 130 valence electrons. The molecule has 10 nitrogen and oxygen atoms in total. The summed E-state index contributed by atoms with van der Waals surface area (Å²) in [6.07, 6.45) is -7.83. The number of aliphatic hydroxyl groups is 5. The van der Waals surface area contributed by atoms with E-state index in [0.29, 0.717) is 0 Å². The Morgan fingerprint density at radius 1 is 1.04 bits per heavy atom. The summed E-state index contributed by atoms with van der Waals surface area (Å²) in [6, 6.07) is 4.57. The van der Waals surface area contributed by atoms with Crippen LogP contribution in [0.25, 0.3) is 0 Å². The van der Waals surface area contributed by atoms with E-state index >= 15 is 0 Å². The Kier molecular flexibility index (Phi) is 6.93. The van der Waals surface area contributed by atoms with Crippen LogP contribution in [0.1, 0.15) is 0 Å². The Hall–Kier alpha value is -1.23. The molecule has 0 saturated heterocycles. The molecule has 8 N–H and O–H groups in total. The van der Waals surface area contributed by atoms with Crippen molar-refractivity contribution in [3.63, 3.8) is 0 Å². The van der Waals surface area contributed by atoms with Gasteiger partial charge in [0.05, 0.1) is 0 Å². The Morgan fingerprint density at radius 3 is 2.00 bits per heavy atom. The predicted molar refractivity (Wildman–Crippen MR) is 76.7 cm³/mol. The van der Waals surface area contributed by atoms with Crippen molar-refractivity contribution in [3.05, 3.63) is 24.3 Å². The zero-order valence-corrected chi connectivity index (χ0v) is 13.6. The van der Waals surface area contributed by atoms with Crippen LogP contribution in [0.15, 0.2) is 24.3 Å². The second-order valence-electron chi connectivity index (χ2n) is 4.76. The fourth-order valence-corrected chi connectivity index (χ4v) is 2.76. The summed E-state index contributed by atoms with van der Waals surface area (Å²) in [4.78, 5) is 11.7. The first-order valence-electron chi connectivity index (χ1n) is 6.38. The van der Waals surface area contributed by atoms with E-state index in [1.807, 2.05) is 0 Å². The molecule has 4 unspecified atom stereocenters. The van der Waals surface area contributed by atoms with Crippen LogP contribution >= 0.6 is 0 Å². The minimum absolute atomic E-state index is 0.0890. The summed E-state index contributed by atoms with van der Waals surface area (Å²) in [5.74, 6) is -1.11. The molecular formula is C12H18AsNO9. The first-order valence-corrected chi connectivity index (χ1v) is 9.76. The molecule has 0 heterocycles.